The monoisotopic (exact) mass is 336 g/mol. The van der Waals surface area contributed by atoms with Crippen LogP contribution in [0.4, 0.5) is 0 Å². The molecule has 3 nitrogen and oxygen atoms in total. The molecule has 0 N–H and O–H groups in total. The van der Waals surface area contributed by atoms with Gasteiger partial charge in [-0.05, 0) is 53.3 Å². The molecule has 0 aliphatic heterocycles. The van der Waals surface area contributed by atoms with Crippen LogP contribution in [0.3, 0.4) is 0 Å². The second-order valence-electron chi connectivity index (χ2n) is 6.07. The third-order valence-electron chi connectivity index (χ3n) is 4.47. The number of aryl methyl sites for hydroxylation is 2. The van der Waals surface area contributed by atoms with E-state index in [1.165, 1.54) is 21.9 Å². The van der Waals surface area contributed by atoms with Crippen LogP contribution < -0.4 is 14.2 Å². The van der Waals surface area contributed by atoms with Crippen molar-refractivity contribution in [3.05, 3.63) is 65.7 Å². The summed E-state index contributed by atoms with van der Waals surface area (Å²) in [6.07, 6.45) is 3.07. The topological polar surface area (TPSA) is 27.7 Å². The van der Waals surface area contributed by atoms with E-state index in [1.54, 1.807) is 21.3 Å². The molecule has 0 heterocycles. The average molecular weight is 336 g/mol. The number of methoxy groups -OCH3 is 3. The lowest BCUT2D eigenvalue weighted by atomic mass is 10.0. The Morgan fingerprint density at radius 3 is 1.92 bits per heavy atom. The molecule has 130 valence electrons. The van der Waals surface area contributed by atoms with E-state index in [0.717, 1.165) is 19.3 Å². The van der Waals surface area contributed by atoms with Gasteiger partial charge in [-0.1, -0.05) is 42.5 Å². The highest BCUT2D eigenvalue weighted by Crippen LogP contribution is 2.38. The molecule has 0 spiro atoms. The molecule has 0 atom stereocenters. The zero-order chi connectivity index (χ0) is 17.6. The van der Waals surface area contributed by atoms with Crippen molar-refractivity contribution in [2.75, 3.05) is 21.3 Å². The molecule has 0 fully saturated rings. The molecule has 0 unspecified atom stereocenters. The Morgan fingerprint density at radius 2 is 1.28 bits per heavy atom. The van der Waals surface area contributed by atoms with Gasteiger partial charge in [0.15, 0.2) is 11.5 Å². The van der Waals surface area contributed by atoms with Crippen LogP contribution in [0.2, 0.25) is 0 Å². The minimum atomic E-state index is 0.642. The van der Waals surface area contributed by atoms with E-state index in [2.05, 4.69) is 42.5 Å². The highest BCUT2D eigenvalue weighted by molar-refractivity contribution is 5.82. The normalized spacial score (nSPS) is 10.7. The molecule has 0 saturated carbocycles. The summed E-state index contributed by atoms with van der Waals surface area (Å²) in [6.45, 7) is 0. The molecule has 3 heteroatoms. The van der Waals surface area contributed by atoms with Crippen molar-refractivity contribution in [1.82, 2.24) is 0 Å². The van der Waals surface area contributed by atoms with Gasteiger partial charge in [-0.25, -0.2) is 0 Å². The molecular formula is C22H24O3. The largest absolute Gasteiger partial charge is 0.493 e. The zero-order valence-corrected chi connectivity index (χ0v) is 15.0. The summed E-state index contributed by atoms with van der Waals surface area (Å²) in [6, 6.07) is 19.2. The molecule has 25 heavy (non-hydrogen) atoms. The van der Waals surface area contributed by atoms with Gasteiger partial charge in [0.1, 0.15) is 0 Å². The van der Waals surface area contributed by atoms with Crippen molar-refractivity contribution < 1.29 is 14.2 Å². The molecule has 0 aliphatic rings. The summed E-state index contributed by atoms with van der Waals surface area (Å²) in [5.41, 5.74) is 2.56. The van der Waals surface area contributed by atoms with Gasteiger partial charge in [-0.2, -0.15) is 0 Å². The minimum absolute atomic E-state index is 0.642. The molecule has 3 aromatic carbocycles. The van der Waals surface area contributed by atoms with E-state index in [4.69, 9.17) is 14.2 Å². The molecule has 3 aromatic rings. The summed E-state index contributed by atoms with van der Waals surface area (Å²) in [4.78, 5) is 0. The van der Waals surface area contributed by atoms with Crippen molar-refractivity contribution in [2.24, 2.45) is 0 Å². The Balaban J connectivity index is 1.70. The van der Waals surface area contributed by atoms with Crippen molar-refractivity contribution in [1.29, 1.82) is 0 Å². The maximum Gasteiger partial charge on any atom is 0.203 e. The second-order valence-corrected chi connectivity index (χ2v) is 6.07. The first-order valence-corrected chi connectivity index (χ1v) is 8.51. The summed E-state index contributed by atoms with van der Waals surface area (Å²) in [7, 11) is 4.92. The summed E-state index contributed by atoms with van der Waals surface area (Å²) in [5, 5.41) is 2.59. The fraction of sp³-hybridized carbons (Fsp3) is 0.273. The Labute approximate surface area is 149 Å². The van der Waals surface area contributed by atoms with Gasteiger partial charge in [0.05, 0.1) is 21.3 Å². The number of ether oxygens (including phenoxy) is 3. The predicted molar refractivity (Wildman–Crippen MR) is 102 cm³/mol. The van der Waals surface area contributed by atoms with Gasteiger partial charge < -0.3 is 14.2 Å². The van der Waals surface area contributed by atoms with Crippen molar-refractivity contribution in [3.8, 4) is 17.2 Å². The molecule has 0 saturated heterocycles. The van der Waals surface area contributed by atoms with Gasteiger partial charge >= 0.3 is 0 Å². The third-order valence-corrected chi connectivity index (χ3v) is 4.47. The van der Waals surface area contributed by atoms with Crippen LogP contribution in [0.1, 0.15) is 17.5 Å². The average Bonchev–Trinajstić information content (AvgIpc) is 2.67. The smallest absolute Gasteiger partial charge is 0.203 e. The van der Waals surface area contributed by atoms with Crippen LogP contribution in [0.5, 0.6) is 17.2 Å². The Kier molecular flexibility index (Phi) is 5.44. The maximum absolute atomic E-state index is 5.43. The summed E-state index contributed by atoms with van der Waals surface area (Å²) >= 11 is 0. The predicted octanol–water partition coefficient (Wildman–Crippen LogP) is 5.04. The number of rotatable bonds is 7. The van der Waals surface area contributed by atoms with E-state index in [0.29, 0.717) is 17.2 Å². The Morgan fingerprint density at radius 1 is 0.640 bits per heavy atom. The van der Waals surface area contributed by atoms with Crippen molar-refractivity contribution in [3.63, 3.8) is 0 Å². The van der Waals surface area contributed by atoms with E-state index in [1.807, 2.05) is 12.1 Å². The summed E-state index contributed by atoms with van der Waals surface area (Å²) < 4.78 is 16.2. The first kappa shape index (κ1) is 17.2. The van der Waals surface area contributed by atoms with Crippen LogP contribution in [0, 0.1) is 0 Å². The number of hydrogen-bond acceptors (Lipinski definition) is 3. The highest BCUT2D eigenvalue weighted by Gasteiger charge is 2.12. The van der Waals surface area contributed by atoms with Crippen molar-refractivity contribution >= 4 is 10.8 Å². The van der Waals surface area contributed by atoms with Crippen LogP contribution in [0.15, 0.2) is 54.6 Å². The van der Waals surface area contributed by atoms with Gasteiger partial charge in [0.2, 0.25) is 5.75 Å². The fourth-order valence-electron chi connectivity index (χ4n) is 3.17. The molecule has 0 amide bonds. The van der Waals surface area contributed by atoms with Crippen LogP contribution in [-0.2, 0) is 12.8 Å². The van der Waals surface area contributed by atoms with Crippen LogP contribution in [-0.4, -0.2) is 21.3 Å². The van der Waals surface area contributed by atoms with Gasteiger partial charge in [0.25, 0.3) is 0 Å². The van der Waals surface area contributed by atoms with Crippen molar-refractivity contribution in [2.45, 2.75) is 19.3 Å². The first-order valence-electron chi connectivity index (χ1n) is 8.51. The van der Waals surface area contributed by atoms with E-state index < -0.39 is 0 Å². The molecule has 0 aromatic heterocycles. The standard InChI is InChI=1S/C22H24O3/c1-23-20-14-17(15-21(24-2)22(20)25-3)8-6-7-16-11-12-18-9-4-5-10-19(18)13-16/h4-5,9-15H,6-8H2,1-3H3. The number of fused-ring (bicyclic) bond motifs is 1. The zero-order valence-electron chi connectivity index (χ0n) is 15.0. The van der Waals surface area contributed by atoms with Gasteiger partial charge in [-0.15, -0.1) is 0 Å². The lowest BCUT2D eigenvalue weighted by molar-refractivity contribution is 0.323. The SMILES string of the molecule is COc1cc(CCCc2ccc3ccccc3c2)cc(OC)c1OC. The Hall–Kier alpha value is -2.68. The van der Waals surface area contributed by atoms with E-state index in [9.17, 15) is 0 Å². The van der Waals surface area contributed by atoms with Crippen LogP contribution >= 0.6 is 0 Å². The minimum Gasteiger partial charge on any atom is -0.493 e. The Bertz CT molecular complexity index is 830. The molecule has 3 rings (SSSR count). The molecular weight excluding hydrogens is 312 g/mol. The third kappa shape index (κ3) is 3.87. The van der Waals surface area contributed by atoms with Crippen LogP contribution in [0.25, 0.3) is 10.8 Å². The van der Waals surface area contributed by atoms with E-state index in [-0.39, 0.29) is 0 Å². The quantitative estimate of drug-likeness (QED) is 0.605. The van der Waals surface area contributed by atoms with Gasteiger partial charge in [-0.3, -0.25) is 0 Å². The van der Waals surface area contributed by atoms with E-state index >= 15 is 0 Å². The lowest BCUT2D eigenvalue weighted by Gasteiger charge is -2.14. The highest BCUT2D eigenvalue weighted by atomic mass is 16.5. The lowest BCUT2D eigenvalue weighted by Crippen LogP contribution is -1.98. The fourth-order valence-corrected chi connectivity index (χ4v) is 3.17. The molecule has 0 aliphatic carbocycles. The number of benzene rings is 3. The van der Waals surface area contributed by atoms with Gasteiger partial charge in [0, 0.05) is 0 Å². The first-order chi connectivity index (χ1) is 12.2. The molecule has 0 bridgehead atoms. The summed E-state index contributed by atoms with van der Waals surface area (Å²) in [5.74, 6) is 2.06. The number of hydrogen-bond donors (Lipinski definition) is 0. The second kappa shape index (κ2) is 7.93. The maximum atomic E-state index is 5.43. The molecule has 0 radical (unpaired) electrons.